The maximum atomic E-state index is 12.6. The average molecular weight is 437 g/mol. The van der Waals surface area contributed by atoms with E-state index in [4.69, 9.17) is 4.42 Å². The Morgan fingerprint density at radius 2 is 1.68 bits per heavy atom. The topological polar surface area (TPSA) is 62.5 Å². The zero-order valence-electron chi connectivity index (χ0n) is 17.8. The molecule has 3 aromatic rings. The monoisotopic (exact) mass is 436 g/mol. The van der Waals surface area contributed by atoms with E-state index >= 15 is 0 Å². The molecule has 1 fully saturated rings. The van der Waals surface area contributed by atoms with Gasteiger partial charge in [0.1, 0.15) is 0 Å². The van der Waals surface area contributed by atoms with Crippen molar-refractivity contribution in [3.8, 4) is 0 Å². The Bertz CT molecular complexity index is 956. The Labute approximate surface area is 187 Å². The number of nitrogens with zero attached hydrogens (tertiary/aromatic N) is 4. The van der Waals surface area contributed by atoms with Gasteiger partial charge in [0.15, 0.2) is 0 Å². The molecule has 2 heterocycles. The van der Waals surface area contributed by atoms with E-state index in [1.807, 2.05) is 29.2 Å². The summed E-state index contributed by atoms with van der Waals surface area (Å²) in [6.07, 6.45) is 0.689. The van der Waals surface area contributed by atoms with Crippen LogP contribution in [0.2, 0.25) is 0 Å². The maximum absolute atomic E-state index is 12.6. The molecule has 0 bridgehead atoms. The molecule has 31 heavy (non-hydrogen) atoms. The standard InChI is InChI=1S/C24H28N4O2S/c1-19(21-10-6-3-7-11-21)16-22-25-26-24(30-22)31-18-23(29)28-14-12-27(13-15-28)17-20-8-4-2-5-9-20/h2-11,19H,12-18H2,1H3. The average Bonchev–Trinajstić information content (AvgIpc) is 3.26. The summed E-state index contributed by atoms with van der Waals surface area (Å²) in [5.41, 5.74) is 2.56. The molecule has 1 aliphatic heterocycles. The minimum atomic E-state index is 0.127. The van der Waals surface area contributed by atoms with Gasteiger partial charge in [0.05, 0.1) is 5.75 Å². The van der Waals surface area contributed by atoms with E-state index in [0.717, 1.165) is 32.7 Å². The fraction of sp³-hybridized carbons (Fsp3) is 0.375. The molecule has 0 N–H and O–H groups in total. The second-order valence-electron chi connectivity index (χ2n) is 7.91. The van der Waals surface area contributed by atoms with E-state index in [1.54, 1.807) is 0 Å². The van der Waals surface area contributed by atoms with Gasteiger partial charge >= 0.3 is 0 Å². The first-order valence-corrected chi connectivity index (χ1v) is 11.7. The number of benzene rings is 2. The van der Waals surface area contributed by atoms with Crippen LogP contribution in [0, 0.1) is 0 Å². The summed E-state index contributed by atoms with van der Waals surface area (Å²) in [7, 11) is 0. The Morgan fingerprint density at radius 1 is 1.00 bits per heavy atom. The molecule has 1 unspecified atom stereocenters. The summed E-state index contributed by atoms with van der Waals surface area (Å²) in [6.45, 7) is 6.39. The van der Waals surface area contributed by atoms with E-state index in [1.165, 1.54) is 22.9 Å². The van der Waals surface area contributed by atoms with Crippen LogP contribution >= 0.6 is 11.8 Å². The third kappa shape index (κ3) is 6.18. The fourth-order valence-electron chi connectivity index (χ4n) is 3.75. The Hall–Kier alpha value is -2.64. The molecule has 0 radical (unpaired) electrons. The Balaban J connectivity index is 1.20. The van der Waals surface area contributed by atoms with Gasteiger partial charge in [-0.1, -0.05) is 79.3 Å². The second-order valence-corrected chi connectivity index (χ2v) is 8.84. The van der Waals surface area contributed by atoms with Crippen molar-refractivity contribution in [1.29, 1.82) is 0 Å². The molecule has 1 amide bonds. The van der Waals surface area contributed by atoms with Crippen molar-refractivity contribution in [3.63, 3.8) is 0 Å². The smallest absolute Gasteiger partial charge is 0.277 e. The Kier molecular flexibility index (Phi) is 7.38. The van der Waals surface area contributed by atoms with Gasteiger partial charge in [0.25, 0.3) is 5.22 Å². The van der Waals surface area contributed by atoms with Gasteiger partial charge in [0, 0.05) is 39.1 Å². The molecule has 1 atom stereocenters. The predicted octanol–water partition coefficient (Wildman–Crippen LogP) is 3.85. The number of amides is 1. The van der Waals surface area contributed by atoms with E-state index in [-0.39, 0.29) is 5.91 Å². The highest BCUT2D eigenvalue weighted by Gasteiger charge is 2.22. The van der Waals surface area contributed by atoms with Crippen molar-refractivity contribution in [1.82, 2.24) is 20.0 Å². The summed E-state index contributed by atoms with van der Waals surface area (Å²) in [5.74, 6) is 1.37. The number of carbonyl (C=O) groups is 1. The van der Waals surface area contributed by atoms with Crippen LogP contribution in [0.3, 0.4) is 0 Å². The van der Waals surface area contributed by atoms with Gasteiger partial charge < -0.3 is 9.32 Å². The molecule has 1 saturated heterocycles. The first-order valence-electron chi connectivity index (χ1n) is 10.7. The van der Waals surface area contributed by atoms with Crippen LogP contribution in [0.25, 0.3) is 0 Å². The van der Waals surface area contributed by atoms with E-state index in [9.17, 15) is 4.79 Å². The zero-order valence-corrected chi connectivity index (χ0v) is 18.6. The summed E-state index contributed by atoms with van der Waals surface area (Å²) in [5, 5.41) is 8.72. The Morgan fingerprint density at radius 3 is 2.39 bits per heavy atom. The van der Waals surface area contributed by atoms with Gasteiger partial charge in [-0.25, -0.2) is 0 Å². The van der Waals surface area contributed by atoms with E-state index in [2.05, 4.69) is 58.4 Å². The van der Waals surface area contributed by atoms with Crippen molar-refractivity contribution in [2.45, 2.75) is 31.0 Å². The predicted molar refractivity (Wildman–Crippen MR) is 122 cm³/mol. The van der Waals surface area contributed by atoms with Crippen molar-refractivity contribution >= 4 is 17.7 Å². The number of hydrogen-bond acceptors (Lipinski definition) is 6. The van der Waals surface area contributed by atoms with Gasteiger partial charge in [-0.05, 0) is 17.0 Å². The minimum Gasteiger partial charge on any atom is -0.416 e. The number of hydrogen-bond donors (Lipinski definition) is 0. The third-order valence-corrected chi connectivity index (χ3v) is 6.39. The molecule has 0 aliphatic carbocycles. The summed E-state index contributed by atoms with van der Waals surface area (Å²) in [6, 6.07) is 20.8. The van der Waals surface area contributed by atoms with Crippen LogP contribution in [0.4, 0.5) is 0 Å². The zero-order chi connectivity index (χ0) is 21.5. The lowest BCUT2D eigenvalue weighted by atomic mass is 9.98. The molecular weight excluding hydrogens is 408 g/mol. The third-order valence-electron chi connectivity index (χ3n) is 5.59. The number of thioether (sulfide) groups is 1. The lowest BCUT2D eigenvalue weighted by molar-refractivity contribution is -0.130. The number of piperazine rings is 1. The first-order chi connectivity index (χ1) is 15.2. The highest BCUT2D eigenvalue weighted by atomic mass is 32.2. The second kappa shape index (κ2) is 10.6. The highest BCUT2D eigenvalue weighted by molar-refractivity contribution is 7.99. The van der Waals surface area contributed by atoms with Crippen LogP contribution in [0.15, 0.2) is 70.3 Å². The van der Waals surface area contributed by atoms with E-state index in [0.29, 0.717) is 29.2 Å². The van der Waals surface area contributed by atoms with Crippen LogP contribution in [0.1, 0.15) is 29.9 Å². The number of aromatic nitrogens is 2. The molecule has 1 aromatic heterocycles. The lowest BCUT2D eigenvalue weighted by Crippen LogP contribution is -2.48. The molecule has 4 rings (SSSR count). The fourth-order valence-corrected chi connectivity index (χ4v) is 4.44. The maximum Gasteiger partial charge on any atom is 0.277 e. The minimum absolute atomic E-state index is 0.127. The molecule has 7 heteroatoms. The number of rotatable bonds is 8. The summed E-state index contributed by atoms with van der Waals surface area (Å²) < 4.78 is 5.76. The SMILES string of the molecule is CC(Cc1nnc(SCC(=O)N2CCN(Cc3ccccc3)CC2)o1)c1ccccc1. The summed E-state index contributed by atoms with van der Waals surface area (Å²) in [4.78, 5) is 16.9. The van der Waals surface area contributed by atoms with Crippen LogP contribution in [-0.4, -0.2) is 57.8 Å². The van der Waals surface area contributed by atoms with Crippen molar-refractivity contribution in [2.75, 3.05) is 31.9 Å². The van der Waals surface area contributed by atoms with Crippen molar-refractivity contribution in [3.05, 3.63) is 77.7 Å². The van der Waals surface area contributed by atoms with Gasteiger partial charge in [-0.3, -0.25) is 9.69 Å². The number of carbonyl (C=O) groups excluding carboxylic acids is 1. The van der Waals surface area contributed by atoms with Crippen molar-refractivity contribution in [2.24, 2.45) is 0 Å². The van der Waals surface area contributed by atoms with Crippen molar-refractivity contribution < 1.29 is 9.21 Å². The molecule has 0 saturated carbocycles. The largest absolute Gasteiger partial charge is 0.416 e. The molecule has 162 valence electrons. The van der Waals surface area contributed by atoms with Crippen LogP contribution < -0.4 is 0 Å². The van der Waals surface area contributed by atoms with Crippen LogP contribution in [0.5, 0.6) is 0 Å². The van der Waals surface area contributed by atoms with Crippen LogP contribution in [-0.2, 0) is 17.8 Å². The summed E-state index contributed by atoms with van der Waals surface area (Å²) >= 11 is 1.32. The molecule has 0 spiro atoms. The molecule has 6 nitrogen and oxygen atoms in total. The molecule has 2 aromatic carbocycles. The van der Waals surface area contributed by atoms with Gasteiger partial charge in [0.2, 0.25) is 11.8 Å². The van der Waals surface area contributed by atoms with Gasteiger partial charge in [-0.15, -0.1) is 10.2 Å². The quantitative estimate of drug-likeness (QED) is 0.500. The normalized spacial score (nSPS) is 15.7. The first kappa shape index (κ1) is 21.6. The van der Waals surface area contributed by atoms with E-state index < -0.39 is 0 Å². The molecule has 1 aliphatic rings. The highest BCUT2D eigenvalue weighted by Crippen LogP contribution is 2.22. The molecular formula is C24H28N4O2S. The van der Waals surface area contributed by atoms with Gasteiger partial charge in [-0.2, -0.15) is 0 Å². The lowest BCUT2D eigenvalue weighted by Gasteiger charge is -2.34.